The van der Waals surface area contributed by atoms with Crippen LogP contribution in [0.3, 0.4) is 0 Å². The van der Waals surface area contributed by atoms with Crippen LogP contribution in [0.5, 0.6) is 0 Å². The Bertz CT molecular complexity index is 976. The number of carbonyl (C=O) groups is 2. The van der Waals surface area contributed by atoms with E-state index in [1.807, 2.05) is 24.3 Å². The Hall–Kier alpha value is -2.77. The number of halogens is 2. The molecule has 0 saturated carbocycles. The van der Waals surface area contributed by atoms with Crippen molar-refractivity contribution < 1.29 is 14.0 Å². The van der Waals surface area contributed by atoms with Gasteiger partial charge in [-0.25, -0.2) is 9.37 Å². The minimum Gasteiger partial charge on any atom is -0.347 e. The molecule has 2 aromatic carbocycles. The number of benzene rings is 2. The van der Waals surface area contributed by atoms with Gasteiger partial charge in [-0.3, -0.25) is 9.59 Å². The maximum Gasteiger partial charge on any atom is 0.245 e. The third-order valence-corrected chi connectivity index (χ3v) is 4.96. The predicted octanol–water partition coefficient (Wildman–Crippen LogP) is 3.82. The number of rotatable bonds is 7. The Kier molecular flexibility index (Phi) is 6.73. The fraction of sp³-hybridized carbons (Fsp3) is 0.150. The van der Waals surface area contributed by atoms with E-state index < -0.39 is 5.82 Å². The van der Waals surface area contributed by atoms with Gasteiger partial charge in [-0.2, -0.15) is 0 Å². The van der Waals surface area contributed by atoms with Crippen molar-refractivity contribution in [2.24, 2.45) is 0 Å². The second-order valence-electron chi connectivity index (χ2n) is 6.07. The highest BCUT2D eigenvalue weighted by molar-refractivity contribution is 7.15. The van der Waals surface area contributed by atoms with Gasteiger partial charge in [0.05, 0.1) is 13.0 Å². The van der Waals surface area contributed by atoms with E-state index in [1.54, 1.807) is 12.3 Å². The van der Waals surface area contributed by atoms with Gasteiger partial charge in [0, 0.05) is 22.5 Å². The van der Waals surface area contributed by atoms with Gasteiger partial charge in [0.2, 0.25) is 11.8 Å². The Balaban J connectivity index is 1.45. The fourth-order valence-electron chi connectivity index (χ4n) is 2.49. The zero-order valence-electron chi connectivity index (χ0n) is 14.7. The highest BCUT2D eigenvalue weighted by atomic mass is 35.5. The first kappa shape index (κ1) is 20.0. The number of nitrogens with zero attached hydrogens (tertiary/aromatic N) is 1. The van der Waals surface area contributed by atoms with Gasteiger partial charge in [0.1, 0.15) is 5.82 Å². The monoisotopic (exact) mass is 417 g/mol. The fourth-order valence-corrected chi connectivity index (χ4v) is 3.48. The third-order valence-electron chi connectivity index (χ3n) is 3.79. The molecular formula is C20H17ClFN3O2S. The highest BCUT2D eigenvalue weighted by Crippen LogP contribution is 2.21. The number of hydrogen-bond acceptors (Lipinski definition) is 4. The summed E-state index contributed by atoms with van der Waals surface area (Å²) in [5.41, 5.74) is 1.64. The second-order valence-corrected chi connectivity index (χ2v) is 7.62. The van der Waals surface area contributed by atoms with E-state index in [2.05, 4.69) is 15.6 Å². The number of hydrogen-bond donors (Lipinski definition) is 2. The third kappa shape index (κ3) is 6.14. The topological polar surface area (TPSA) is 71.1 Å². The van der Waals surface area contributed by atoms with Crippen LogP contribution in [0.1, 0.15) is 16.0 Å². The van der Waals surface area contributed by atoms with Crippen molar-refractivity contribution >= 4 is 39.9 Å². The average Bonchev–Trinajstić information content (AvgIpc) is 3.09. The molecule has 8 heteroatoms. The van der Waals surface area contributed by atoms with Crippen molar-refractivity contribution in [2.45, 2.75) is 12.8 Å². The number of anilines is 1. The first-order valence-electron chi connectivity index (χ1n) is 8.48. The van der Waals surface area contributed by atoms with Crippen LogP contribution in [0.4, 0.5) is 9.52 Å². The van der Waals surface area contributed by atoms with Gasteiger partial charge in [-0.15, -0.1) is 11.3 Å². The molecule has 0 atom stereocenters. The molecule has 0 spiro atoms. The zero-order chi connectivity index (χ0) is 19.9. The summed E-state index contributed by atoms with van der Waals surface area (Å²) in [6.45, 7) is -0.180. The maximum atomic E-state index is 13.1. The average molecular weight is 418 g/mol. The molecule has 1 heterocycles. The first-order valence-corrected chi connectivity index (χ1v) is 9.67. The summed E-state index contributed by atoms with van der Waals surface area (Å²) < 4.78 is 13.1. The predicted molar refractivity (Wildman–Crippen MR) is 108 cm³/mol. The molecule has 0 bridgehead atoms. The Morgan fingerprint density at radius 1 is 1.07 bits per heavy atom. The molecule has 28 heavy (non-hydrogen) atoms. The Labute approximate surface area is 170 Å². The molecule has 3 aromatic rings. The van der Waals surface area contributed by atoms with Crippen LogP contribution in [0.25, 0.3) is 0 Å². The summed E-state index contributed by atoms with van der Waals surface area (Å²) in [5.74, 6) is -1.13. The van der Waals surface area contributed by atoms with Crippen molar-refractivity contribution in [3.8, 4) is 0 Å². The van der Waals surface area contributed by atoms with E-state index in [-0.39, 0.29) is 24.8 Å². The quantitative estimate of drug-likeness (QED) is 0.613. The van der Waals surface area contributed by atoms with Crippen LogP contribution in [-0.4, -0.2) is 23.3 Å². The largest absolute Gasteiger partial charge is 0.347 e. The summed E-state index contributed by atoms with van der Waals surface area (Å²) >= 11 is 7.24. The molecule has 1 aromatic heterocycles. The van der Waals surface area contributed by atoms with Crippen molar-refractivity contribution in [1.29, 1.82) is 0 Å². The van der Waals surface area contributed by atoms with Gasteiger partial charge in [0.15, 0.2) is 5.13 Å². The number of amides is 2. The van der Waals surface area contributed by atoms with Crippen molar-refractivity contribution in [2.75, 3.05) is 11.9 Å². The molecule has 0 radical (unpaired) electrons. The first-order chi connectivity index (χ1) is 13.5. The number of nitrogens with one attached hydrogen (secondary N) is 2. The lowest BCUT2D eigenvalue weighted by molar-refractivity contribution is -0.123. The van der Waals surface area contributed by atoms with Crippen molar-refractivity contribution in [3.05, 3.63) is 81.6 Å². The summed E-state index contributed by atoms with van der Waals surface area (Å²) in [5, 5.41) is 6.32. The van der Waals surface area contributed by atoms with E-state index >= 15 is 0 Å². The minimum absolute atomic E-state index is 0.00747. The van der Waals surface area contributed by atoms with Gasteiger partial charge >= 0.3 is 0 Å². The molecule has 0 aliphatic carbocycles. The molecule has 3 rings (SSSR count). The maximum absolute atomic E-state index is 13.1. The molecular weight excluding hydrogens is 401 g/mol. The van der Waals surface area contributed by atoms with Crippen LogP contribution in [0.2, 0.25) is 5.02 Å². The molecule has 144 valence electrons. The van der Waals surface area contributed by atoms with Crippen molar-refractivity contribution in [1.82, 2.24) is 10.3 Å². The summed E-state index contributed by atoms with van der Waals surface area (Å²) in [6, 6.07) is 13.3. The molecule has 0 fully saturated rings. The summed E-state index contributed by atoms with van der Waals surface area (Å²) in [4.78, 5) is 29.0. The number of carbonyl (C=O) groups excluding carboxylic acids is 2. The summed E-state index contributed by atoms with van der Waals surface area (Å²) in [6.07, 6.45) is 2.40. The van der Waals surface area contributed by atoms with Crippen LogP contribution in [0, 0.1) is 5.82 Å². The molecule has 0 aliphatic rings. The zero-order valence-corrected chi connectivity index (χ0v) is 16.3. The molecule has 2 amide bonds. The van der Waals surface area contributed by atoms with Crippen LogP contribution < -0.4 is 10.6 Å². The lowest BCUT2D eigenvalue weighted by atomic mass is 10.1. The van der Waals surface area contributed by atoms with Gasteiger partial charge in [-0.05, 0) is 35.4 Å². The van der Waals surface area contributed by atoms with Crippen LogP contribution in [-0.2, 0) is 22.4 Å². The summed E-state index contributed by atoms with van der Waals surface area (Å²) in [7, 11) is 0. The minimum atomic E-state index is -0.402. The van der Waals surface area contributed by atoms with Crippen LogP contribution >= 0.6 is 22.9 Å². The molecule has 0 unspecified atom stereocenters. The Morgan fingerprint density at radius 2 is 1.86 bits per heavy atom. The van der Waals surface area contributed by atoms with E-state index in [1.165, 1.54) is 29.5 Å². The van der Waals surface area contributed by atoms with E-state index in [9.17, 15) is 14.0 Å². The SMILES string of the molecule is O=C(Cc1cccc(F)c1)NCC(=O)Nc1ncc(Cc2ccc(Cl)cc2)s1. The number of thiazole rings is 1. The highest BCUT2D eigenvalue weighted by Gasteiger charge is 2.10. The Morgan fingerprint density at radius 3 is 2.61 bits per heavy atom. The van der Waals surface area contributed by atoms with Crippen molar-refractivity contribution in [3.63, 3.8) is 0 Å². The van der Waals surface area contributed by atoms with E-state index in [4.69, 9.17) is 11.6 Å². The van der Waals surface area contributed by atoms with Gasteiger partial charge < -0.3 is 10.6 Å². The van der Waals surface area contributed by atoms with E-state index in [0.29, 0.717) is 22.1 Å². The van der Waals surface area contributed by atoms with Gasteiger partial charge in [0.25, 0.3) is 0 Å². The molecule has 2 N–H and O–H groups in total. The van der Waals surface area contributed by atoms with E-state index in [0.717, 1.165) is 10.4 Å². The smallest absolute Gasteiger partial charge is 0.245 e. The normalized spacial score (nSPS) is 10.5. The number of aromatic nitrogens is 1. The lowest BCUT2D eigenvalue weighted by Crippen LogP contribution is -2.33. The molecule has 0 saturated heterocycles. The standard InChI is InChI=1S/C20H17ClFN3O2S/c21-15-6-4-13(5-7-15)9-17-11-24-20(28-17)25-19(27)12-23-18(26)10-14-2-1-3-16(22)8-14/h1-8,11H,9-10,12H2,(H,23,26)(H,24,25,27). The van der Waals surface area contributed by atoms with Gasteiger partial charge in [-0.1, -0.05) is 35.9 Å². The van der Waals surface area contributed by atoms with Crippen LogP contribution in [0.15, 0.2) is 54.7 Å². The molecule has 0 aliphatic heterocycles. The second kappa shape index (κ2) is 9.43. The lowest BCUT2D eigenvalue weighted by Gasteiger charge is -2.05. The molecule has 5 nitrogen and oxygen atoms in total.